The topological polar surface area (TPSA) is 99.8 Å². The van der Waals surface area contributed by atoms with Crippen molar-refractivity contribution in [3.63, 3.8) is 0 Å². The molecule has 2 aromatic carbocycles. The molecule has 4 heterocycles. The van der Waals surface area contributed by atoms with Crippen molar-refractivity contribution < 1.29 is 19.1 Å². The predicted octanol–water partition coefficient (Wildman–Crippen LogP) is 5.81. The van der Waals surface area contributed by atoms with Crippen LogP contribution in [-0.2, 0) is 14.4 Å². The summed E-state index contributed by atoms with van der Waals surface area (Å²) in [6, 6.07) is 12.2. The van der Waals surface area contributed by atoms with Crippen LogP contribution >= 0.6 is 46.3 Å². The normalized spacial score (nSPS) is 30.4. The summed E-state index contributed by atoms with van der Waals surface area (Å²) in [5.74, 6) is -1.03. The highest BCUT2D eigenvalue weighted by molar-refractivity contribution is 8.00. The molecule has 5 aliphatic rings. The number of H-pyrrole nitrogens is 1. The van der Waals surface area contributed by atoms with Crippen molar-refractivity contribution in [2.24, 2.45) is 29.6 Å². The van der Waals surface area contributed by atoms with Crippen molar-refractivity contribution in [1.29, 1.82) is 0 Å². The summed E-state index contributed by atoms with van der Waals surface area (Å²) in [6.07, 6.45) is 3.89. The maximum atomic E-state index is 14.0. The minimum atomic E-state index is -0.436. The Morgan fingerprint density at radius 1 is 0.932 bits per heavy atom. The lowest BCUT2D eigenvalue weighted by atomic mass is 9.68. The Morgan fingerprint density at radius 3 is 2.39 bits per heavy atom. The van der Waals surface area contributed by atoms with Gasteiger partial charge in [-0.15, -0.1) is 11.8 Å². The number of ether oxygens (including phenoxy) is 1. The molecular formula is C32H29Cl2N3O5S2. The monoisotopic (exact) mass is 669 g/mol. The fourth-order valence-electron chi connectivity index (χ4n) is 8.48. The molecule has 0 radical (unpaired) electrons. The van der Waals surface area contributed by atoms with E-state index in [1.807, 2.05) is 11.0 Å². The fraction of sp³-hybridized carbons (Fsp3) is 0.438. The van der Waals surface area contributed by atoms with Gasteiger partial charge in [0.1, 0.15) is 5.75 Å². The number of nitrogens with one attached hydrogen (secondary N) is 1. The zero-order valence-electron chi connectivity index (χ0n) is 23.5. The van der Waals surface area contributed by atoms with Crippen LogP contribution in [0.3, 0.4) is 0 Å². The molecule has 2 aliphatic carbocycles. The van der Waals surface area contributed by atoms with Gasteiger partial charge in [-0.05, 0) is 85.9 Å². The van der Waals surface area contributed by atoms with Gasteiger partial charge in [-0.25, -0.2) is 0 Å². The summed E-state index contributed by atoms with van der Waals surface area (Å²) in [6.45, 7) is 1.40. The maximum absolute atomic E-state index is 14.0. The van der Waals surface area contributed by atoms with E-state index in [2.05, 4.69) is 4.98 Å². The summed E-state index contributed by atoms with van der Waals surface area (Å²) in [7, 11) is 0. The predicted molar refractivity (Wildman–Crippen MR) is 170 cm³/mol. The largest absolute Gasteiger partial charge is 0.483 e. The van der Waals surface area contributed by atoms with Crippen molar-refractivity contribution >= 4 is 69.7 Å². The first-order chi connectivity index (χ1) is 21.3. The number of nitrogens with zero attached hydrogens (tertiary/aromatic N) is 2. The summed E-state index contributed by atoms with van der Waals surface area (Å²) >= 11 is 15.5. The molecule has 4 fully saturated rings. The Labute approximate surface area is 272 Å². The quantitative estimate of drug-likeness (QED) is 0.344. The van der Waals surface area contributed by atoms with Gasteiger partial charge in [-0.1, -0.05) is 34.5 Å². The SMILES string of the molecule is O=C(COc1ccc(Cl)cc1[C@H]1c2sc(=O)[nH]c2SC2C1[C@H]1C[C@@H]2C2C(=O)N(c3ccc(Cl)cc3)C(=O)C21)N1CCCCC1. The highest BCUT2D eigenvalue weighted by atomic mass is 35.5. The molecular weight excluding hydrogens is 641 g/mol. The first kappa shape index (κ1) is 28.7. The Bertz CT molecular complexity index is 1740. The van der Waals surface area contributed by atoms with Gasteiger partial charge in [-0.2, -0.15) is 0 Å². The van der Waals surface area contributed by atoms with E-state index in [0.29, 0.717) is 21.5 Å². The van der Waals surface area contributed by atoms with Crippen molar-refractivity contribution in [3.05, 3.63) is 72.6 Å². The number of carbonyl (C=O) groups is 3. The van der Waals surface area contributed by atoms with Gasteiger partial charge in [0, 0.05) is 44.7 Å². The van der Waals surface area contributed by atoms with Gasteiger partial charge >= 0.3 is 4.87 Å². The zero-order valence-corrected chi connectivity index (χ0v) is 26.7. The van der Waals surface area contributed by atoms with E-state index in [4.69, 9.17) is 27.9 Å². The molecule has 12 heteroatoms. The van der Waals surface area contributed by atoms with Gasteiger partial charge < -0.3 is 14.6 Å². The highest BCUT2D eigenvalue weighted by Crippen LogP contribution is 2.69. The zero-order chi connectivity index (χ0) is 30.3. The van der Waals surface area contributed by atoms with Crippen LogP contribution in [0.5, 0.6) is 5.75 Å². The minimum Gasteiger partial charge on any atom is -0.483 e. The van der Waals surface area contributed by atoms with Gasteiger partial charge in [0.05, 0.1) is 22.5 Å². The third kappa shape index (κ3) is 4.47. The van der Waals surface area contributed by atoms with Gasteiger partial charge in [0.25, 0.3) is 5.91 Å². The molecule has 2 saturated heterocycles. The number of hydrogen-bond donors (Lipinski definition) is 1. The van der Waals surface area contributed by atoms with E-state index in [1.54, 1.807) is 48.2 Å². The molecule has 3 aliphatic heterocycles. The van der Waals surface area contributed by atoms with Crippen LogP contribution in [0, 0.1) is 29.6 Å². The molecule has 228 valence electrons. The van der Waals surface area contributed by atoms with Crippen molar-refractivity contribution in [2.45, 2.75) is 41.9 Å². The first-order valence-corrected chi connectivity index (χ1v) is 17.5. The number of amides is 3. The Hall–Kier alpha value is -2.79. The molecule has 0 spiro atoms. The number of imide groups is 1. The minimum absolute atomic E-state index is 0.0166. The molecule has 3 amide bonds. The number of benzene rings is 2. The molecule has 2 bridgehead atoms. The smallest absolute Gasteiger partial charge is 0.305 e. The summed E-state index contributed by atoms with van der Waals surface area (Å²) in [5.41, 5.74) is 1.35. The van der Waals surface area contributed by atoms with Crippen molar-refractivity contribution in [1.82, 2.24) is 9.88 Å². The average Bonchev–Trinajstić information content (AvgIpc) is 3.76. The van der Waals surface area contributed by atoms with Crippen LogP contribution in [0.4, 0.5) is 5.69 Å². The number of rotatable bonds is 5. The van der Waals surface area contributed by atoms with Crippen LogP contribution in [0.2, 0.25) is 10.0 Å². The van der Waals surface area contributed by atoms with Crippen LogP contribution < -0.4 is 14.5 Å². The number of hydrogen-bond acceptors (Lipinski definition) is 7. The number of thiazole rings is 1. The molecule has 4 unspecified atom stereocenters. The standard InChI is InChI=1S/C32H29Cl2N3O5S2/c33-15-4-7-17(8-5-15)37-30(39)25-19-13-20(26(25)31(37)40)27-24(19)23(28-29(43-27)35-32(41)44-28)18-12-16(34)6-9-21(18)42-14-22(38)36-10-2-1-3-11-36/h4-9,12,19-20,23-27H,1-3,10-11,13-14H2,(H,35,41)/t19-,20-,23-,24?,25?,26?,27?/m1/s1. The van der Waals surface area contributed by atoms with E-state index in [9.17, 15) is 19.2 Å². The molecule has 44 heavy (non-hydrogen) atoms. The van der Waals surface area contributed by atoms with Crippen molar-refractivity contribution in [2.75, 3.05) is 24.6 Å². The first-order valence-electron chi connectivity index (χ1n) is 15.0. The van der Waals surface area contributed by atoms with E-state index in [1.165, 1.54) is 16.2 Å². The second-order valence-corrected chi connectivity index (χ2v) is 15.4. The molecule has 7 atom stereocenters. The second kappa shape index (κ2) is 10.9. The molecule has 2 saturated carbocycles. The number of aromatic nitrogens is 1. The number of carbonyl (C=O) groups excluding carboxylic acids is 3. The lowest BCUT2D eigenvalue weighted by Crippen LogP contribution is -2.43. The molecule has 8 rings (SSSR count). The number of fused-ring (bicyclic) bond motifs is 9. The maximum Gasteiger partial charge on any atom is 0.305 e. The van der Waals surface area contributed by atoms with Crippen LogP contribution in [0.15, 0.2) is 52.3 Å². The number of thioether (sulfide) groups is 1. The number of anilines is 1. The molecule has 1 N–H and O–H groups in total. The summed E-state index contributed by atoms with van der Waals surface area (Å²) in [4.78, 5) is 60.6. The van der Waals surface area contributed by atoms with Crippen LogP contribution in [0.1, 0.15) is 42.0 Å². The van der Waals surface area contributed by atoms with E-state index in [0.717, 1.165) is 54.2 Å². The van der Waals surface area contributed by atoms with Gasteiger partial charge in [-0.3, -0.25) is 24.1 Å². The lowest BCUT2D eigenvalue weighted by molar-refractivity contribution is -0.134. The average molecular weight is 671 g/mol. The molecule has 3 aromatic rings. The van der Waals surface area contributed by atoms with E-state index >= 15 is 0 Å². The molecule has 1 aromatic heterocycles. The summed E-state index contributed by atoms with van der Waals surface area (Å²) < 4.78 is 6.24. The van der Waals surface area contributed by atoms with Crippen molar-refractivity contribution in [3.8, 4) is 5.75 Å². The van der Waals surface area contributed by atoms with Crippen LogP contribution in [-0.4, -0.2) is 52.6 Å². The number of halogens is 2. The Balaban J connectivity index is 1.16. The Morgan fingerprint density at radius 2 is 1.64 bits per heavy atom. The summed E-state index contributed by atoms with van der Waals surface area (Å²) in [5, 5.41) is 1.89. The highest BCUT2D eigenvalue weighted by Gasteiger charge is 2.69. The molecule has 8 nitrogen and oxygen atoms in total. The second-order valence-electron chi connectivity index (χ2n) is 12.4. The van der Waals surface area contributed by atoms with E-state index in [-0.39, 0.29) is 58.1 Å². The number of likely N-dealkylation sites (tertiary alicyclic amines) is 1. The third-order valence-electron chi connectivity index (χ3n) is 10.2. The number of aromatic amines is 1. The van der Waals surface area contributed by atoms with Crippen LogP contribution in [0.25, 0.3) is 0 Å². The van der Waals surface area contributed by atoms with E-state index < -0.39 is 11.8 Å². The lowest BCUT2D eigenvalue weighted by Gasteiger charge is -2.43. The Kier molecular flexibility index (Phi) is 7.12. The number of piperidine rings is 1. The third-order valence-corrected chi connectivity index (χ3v) is 13.3. The van der Waals surface area contributed by atoms with Gasteiger partial charge in [0.15, 0.2) is 6.61 Å². The van der Waals surface area contributed by atoms with Gasteiger partial charge in [0.2, 0.25) is 11.8 Å². The fourth-order valence-corrected chi connectivity index (χ4v) is 11.7.